The minimum atomic E-state index is -0.534. The first-order chi connectivity index (χ1) is 14.9. The van der Waals surface area contributed by atoms with Crippen molar-refractivity contribution in [1.82, 2.24) is 10.6 Å². The van der Waals surface area contributed by atoms with Crippen molar-refractivity contribution in [3.05, 3.63) is 22.4 Å². The SMILES string of the molecule is CC(C(=O)NCc1cccs1)C1CCC2(C)CCC(NC(=O)CC(C)(C)C)C(C)C2C1O. The molecule has 3 rings (SSSR count). The molecule has 1 aromatic rings. The number of carbonyl (C=O) groups excluding carboxylic acids is 2. The fraction of sp³-hybridized carbons (Fsp3) is 0.769. The van der Waals surface area contributed by atoms with Crippen molar-refractivity contribution >= 4 is 23.2 Å². The molecule has 2 aliphatic carbocycles. The summed E-state index contributed by atoms with van der Waals surface area (Å²) in [5.74, 6) is 0.0884. The van der Waals surface area contributed by atoms with Gasteiger partial charge in [0.05, 0.1) is 12.6 Å². The monoisotopic (exact) mass is 462 g/mol. The molecule has 0 bridgehead atoms. The molecule has 0 radical (unpaired) electrons. The third kappa shape index (κ3) is 5.74. The van der Waals surface area contributed by atoms with E-state index in [1.807, 2.05) is 24.4 Å². The summed E-state index contributed by atoms with van der Waals surface area (Å²) in [5, 5.41) is 19.9. The van der Waals surface area contributed by atoms with Gasteiger partial charge in [0.2, 0.25) is 11.8 Å². The second-order valence-corrected chi connectivity index (χ2v) is 12.8. The van der Waals surface area contributed by atoms with Gasteiger partial charge in [-0.3, -0.25) is 9.59 Å². The van der Waals surface area contributed by atoms with Gasteiger partial charge in [0.25, 0.3) is 0 Å². The quantitative estimate of drug-likeness (QED) is 0.571. The number of hydrogen-bond donors (Lipinski definition) is 3. The van der Waals surface area contributed by atoms with Gasteiger partial charge in [0.1, 0.15) is 0 Å². The molecule has 7 unspecified atom stereocenters. The molecule has 6 heteroatoms. The van der Waals surface area contributed by atoms with Crippen LogP contribution in [-0.2, 0) is 16.1 Å². The first kappa shape index (κ1) is 25.2. The molecule has 3 N–H and O–H groups in total. The summed E-state index contributed by atoms with van der Waals surface area (Å²) in [7, 11) is 0. The number of hydrogen-bond acceptors (Lipinski definition) is 4. The maximum absolute atomic E-state index is 12.9. The van der Waals surface area contributed by atoms with Crippen molar-refractivity contribution in [2.75, 3.05) is 0 Å². The highest BCUT2D eigenvalue weighted by Crippen LogP contribution is 2.55. The minimum Gasteiger partial charge on any atom is -0.392 e. The number of rotatable bonds is 6. The van der Waals surface area contributed by atoms with E-state index in [1.54, 1.807) is 11.3 Å². The van der Waals surface area contributed by atoms with Gasteiger partial charge in [-0.15, -0.1) is 11.3 Å². The van der Waals surface area contributed by atoms with E-state index >= 15 is 0 Å². The van der Waals surface area contributed by atoms with E-state index in [0.29, 0.717) is 13.0 Å². The van der Waals surface area contributed by atoms with Crippen LogP contribution in [0.5, 0.6) is 0 Å². The van der Waals surface area contributed by atoms with E-state index in [4.69, 9.17) is 0 Å². The van der Waals surface area contributed by atoms with Crippen LogP contribution in [0.3, 0.4) is 0 Å². The second-order valence-electron chi connectivity index (χ2n) is 11.8. The standard InChI is InChI=1S/C26H42N2O3S/c1-16(24(31)27-15-18-8-7-13-32-18)19-9-11-26(6)12-10-20(17(2)22(26)23(19)30)28-21(29)14-25(3,4)5/h7-8,13,16-17,19-20,22-23,30H,9-12,14-15H2,1-6H3,(H,27,31)(H,28,29). The highest BCUT2D eigenvalue weighted by Gasteiger charge is 2.53. The molecule has 180 valence electrons. The van der Waals surface area contributed by atoms with Gasteiger partial charge in [-0.1, -0.05) is 47.6 Å². The summed E-state index contributed by atoms with van der Waals surface area (Å²) < 4.78 is 0. The fourth-order valence-corrected chi connectivity index (χ4v) is 6.82. The predicted octanol–water partition coefficient (Wildman–Crippen LogP) is 4.74. The lowest BCUT2D eigenvalue weighted by Gasteiger charge is -2.56. The van der Waals surface area contributed by atoms with Crippen molar-refractivity contribution in [1.29, 1.82) is 0 Å². The van der Waals surface area contributed by atoms with Crippen molar-refractivity contribution in [3.8, 4) is 0 Å². The molecule has 0 saturated heterocycles. The Morgan fingerprint density at radius 3 is 2.59 bits per heavy atom. The zero-order valence-corrected chi connectivity index (χ0v) is 21.4. The van der Waals surface area contributed by atoms with Crippen LogP contribution in [0.4, 0.5) is 0 Å². The second kappa shape index (κ2) is 9.84. The van der Waals surface area contributed by atoms with Crippen molar-refractivity contribution in [2.45, 2.75) is 92.3 Å². The van der Waals surface area contributed by atoms with Crippen molar-refractivity contribution < 1.29 is 14.7 Å². The van der Waals surface area contributed by atoms with Gasteiger partial charge >= 0.3 is 0 Å². The molecule has 2 amide bonds. The van der Waals surface area contributed by atoms with E-state index in [2.05, 4.69) is 45.3 Å². The third-order valence-corrected chi connectivity index (χ3v) is 8.87. The van der Waals surface area contributed by atoms with E-state index in [9.17, 15) is 14.7 Å². The van der Waals surface area contributed by atoms with Crippen molar-refractivity contribution in [2.24, 2.45) is 34.5 Å². The summed E-state index contributed by atoms with van der Waals surface area (Å²) in [6.45, 7) is 13.2. The molecule has 0 aromatic carbocycles. The number of nitrogens with one attached hydrogen (secondary N) is 2. The smallest absolute Gasteiger partial charge is 0.223 e. The normalized spacial score (nSPS) is 33.8. The number of carbonyl (C=O) groups is 2. The summed E-state index contributed by atoms with van der Waals surface area (Å²) in [4.78, 5) is 26.6. The van der Waals surface area contributed by atoms with E-state index < -0.39 is 6.10 Å². The Hall–Kier alpha value is -1.40. The molecular weight excluding hydrogens is 420 g/mol. The Bertz CT molecular complexity index is 787. The van der Waals surface area contributed by atoms with Crippen LogP contribution >= 0.6 is 11.3 Å². The van der Waals surface area contributed by atoms with Crippen LogP contribution in [0.25, 0.3) is 0 Å². The molecular formula is C26H42N2O3S. The summed E-state index contributed by atoms with van der Waals surface area (Å²) in [6, 6.07) is 4.09. The van der Waals surface area contributed by atoms with Gasteiger partial charge in [0.15, 0.2) is 0 Å². The van der Waals surface area contributed by atoms with Crippen LogP contribution in [0, 0.1) is 34.5 Å². The Balaban J connectivity index is 1.66. The molecule has 5 nitrogen and oxygen atoms in total. The van der Waals surface area contributed by atoms with Gasteiger partial charge in [-0.05, 0) is 65.7 Å². The lowest BCUT2D eigenvalue weighted by atomic mass is 9.51. The molecule has 0 spiro atoms. The van der Waals surface area contributed by atoms with Crippen LogP contribution in [-0.4, -0.2) is 29.1 Å². The van der Waals surface area contributed by atoms with Crippen LogP contribution in [0.2, 0.25) is 0 Å². The maximum atomic E-state index is 12.9. The molecule has 0 aliphatic heterocycles. The summed E-state index contributed by atoms with van der Waals surface area (Å²) in [5.41, 5.74) is 0.0195. The average molecular weight is 463 g/mol. The van der Waals surface area contributed by atoms with Gasteiger partial charge in [-0.2, -0.15) is 0 Å². The Kier molecular flexibility index (Phi) is 7.76. The Morgan fingerprint density at radius 1 is 1.28 bits per heavy atom. The molecule has 2 aliphatic rings. The Labute approximate surface area is 197 Å². The lowest BCUT2D eigenvalue weighted by Crippen LogP contribution is -2.58. The number of aliphatic hydroxyl groups is 1. The topological polar surface area (TPSA) is 78.4 Å². The largest absolute Gasteiger partial charge is 0.392 e. The number of amides is 2. The summed E-state index contributed by atoms with van der Waals surface area (Å²) in [6.07, 6.45) is 3.83. The van der Waals surface area contributed by atoms with Gasteiger partial charge in [-0.25, -0.2) is 0 Å². The van der Waals surface area contributed by atoms with E-state index in [0.717, 1.165) is 30.6 Å². The van der Waals surface area contributed by atoms with Crippen LogP contribution in [0.15, 0.2) is 17.5 Å². The van der Waals surface area contributed by atoms with Crippen LogP contribution in [0.1, 0.15) is 78.5 Å². The fourth-order valence-electron chi connectivity index (χ4n) is 6.18. The van der Waals surface area contributed by atoms with E-state index in [1.165, 1.54) is 0 Å². The first-order valence-corrected chi connectivity index (χ1v) is 13.1. The molecule has 7 atom stereocenters. The third-order valence-electron chi connectivity index (χ3n) is 8.00. The summed E-state index contributed by atoms with van der Waals surface area (Å²) >= 11 is 1.64. The van der Waals surface area contributed by atoms with Gasteiger partial charge in [0, 0.05) is 23.3 Å². The first-order valence-electron chi connectivity index (χ1n) is 12.2. The van der Waals surface area contributed by atoms with Crippen LogP contribution < -0.4 is 10.6 Å². The van der Waals surface area contributed by atoms with E-state index in [-0.39, 0.29) is 52.4 Å². The van der Waals surface area contributed by atoms with Gasteiger partial charge < -0.3 is 15.7 Å². The maximum Gasteiger partial charge on any atom is 0.223 e. The molecule has 32 heavy (non-hydrogen) atoms. The highest BCUT2D eigenvalue weighted by atomic mass is 32.1. The average Bonchev–Trinajstić information content (AvgIpc) is 3.20. The van der Waals surface area contributed by atoms with Crippen molar-refractivity contribution in [3.63, 3.8) is 0 Å². The zero-order chi connectivity index (χ0) is 23.7. The number of thiophene rings is 1. The molecule has 1 aromatic heterocycles. The molecule has 2 fully saturated rings. The number of aliphatic hydroxyl groups excluding tert-OH is 1. The predicted molar refractivity (Wildman–Crippen MR) is 130 cm³/mol. The lowest BCUT2D eigenvalue weighted by molar-refractivity contribution is -0.144. The zero-order valence-electron chi connectivity index (χ0n) is 20.6. The highest BCUT2D eigenvalue weighted by molar-refractivity contribution is 7.09. The Morgan fingerprint density at radius 2 is 1.97 bits per heavy atom. The molecule has 2 saturated carbocycles. The molecule has 1 heterocycles. The number of fused-ring (bicyclic) bond motifs is 1. The minimum absolute atomic E-state index is 0.0181.